The van der Waals surface area contributed by atoms with Crippen LogP contribution in [0.1, 0.15) is 458 Å². The van der Waals surface area contributed by atoms with Crippen molar-refractivity contribution in [1.82, 2.24) is 0 Å². The molecule has 618 valence electrons. The minimum absolute atomic E-state index is 0.109. The molecule has 5 atom stereocenters. The van der Waals surface area contributed by atoms with Crippen molar-refractivity contribution >= 4 is 39.5 Å². The van der Waals surface area contributed by atoms with Crippen molar-refractivity contribution in [2.45, 2.75) is 477 Å². The van der Waals surface area contributed by atoms with Crippen LogP contribution in [-0.4, -0.2) is 96.7 Å². The summed E-state index contributed by atoms with van der Waals surface area (Å²) in [4.78, 5) is 73.2. The number of phosphoric acid groups is 2. The molecule has 104 heavy (non-hydrogen) atoms. The number of esters is 4. The molecule has 0 aromatic heterocycles. The lowest BCUT2D eigenvalue weighted by Gasteiger charge is -2.21. The molecular weight excluding hydrogens is 1350 g/mol. The van der Waals surface area contributed by atoms with E-state index in [0.29, 0.717) is 25.7 Å². The Morgan fingerprint density at radius 3 is 0.654 bits per heavy atom. The second-order valence-electron chi connectivity index (χ2n) is 31.1. The van der Waals surface area contributed by atoms with Crippen LogP contribution in [0.25, 0.3) is 0 Å². The molecule has 3 N–H and O–H groups in total. The predicted octanol–water partition coefficient (Wildman–Crippen LogP) is 26.0. The quantitative estimate of drug-likeness (QED) is 0.0222. The van der Waals surface area contributed by atoms with Crippen LogP contribution in [0, 0.1) is 5.92 Å². The lowest BCUT2D eigenvalue weighted by atomic mass is 10.0. The fourth-order valence-electron chi connectivity index (χ4n) is 13.3. The Balaban J connectivity index is 5.23. The summed E-state index contributed by atoms with van der Waals surface area (Å²) in [5.74, 6) is -1.28. The highest BCUT2D eigenvalue weighted by atomic mass is 31.2. The summed E-state index contributed by atoms with van der Waals surface area (Å²) in [5, 5.41) is 10.7. The van der Waals surface area contributed by atoms with Crippen molar-refractivity contribution in [2.75, 3.05) is 39.6 Å². The van der Waals surface area contributed by atoms with Gasteiger partial charge in [-0.2, -0.15) is 0 Å². The van der Waals surface area contributed by atoms with E-state index in [2.05, 4.69) is 34.6 Å². The van der Waals surface area contributed by atoms with Crippen LogP contribution < -0.4 is 0 Å². The zero-order valence-electron chi connectivity index (χ0n) is 68.2. The highest BCUT2D eigenvalue weighted by molar-refractivity contribution is 7.47. The highest BCUT2D eigenvalue weighted by Crippen LogP contribution is 2.45. The number of unbranched alkanes of at least 4 members (excludes halogenated alkanes) is 57. The van der Waals surface area contributed by atoms with Crippen LogP contribution in [0.2, 0.25) is 0 Å². The molecule has 0 bridgehead atoms. The van der Waals surface area contributed by atoms with Crippen LogP contribution in [-0.2, 0) is 65.4 Å². The Kier molecular flexibility index (Phi) is 76.3. The average molecular weight is 1520 g/mol. The number of carbonyl (C=O) groups excluding carboxylic acids is 4. The maximum atomic E-state index is 13.1. The first-order chi connectivity index (χ1) is 50.5. The first-order valence-electron chi connectivity index (χ1n) is 44.1. The Bertz CT molecular complexity index is 1980. The molecule has 0 saturated heterocycles. The van der Waals surface area contributed by atoms with Crippen LogP contribution in [0.3, 0.4) is 0 Å². The molecular formula is C85H166O17P2. The van der Waals surface area contributed by atoms with Gasteiger partial charge in [0.05, 0.1) is 26.4 Å². The Hall–Kier alpha value is -1.94. The Morgan fingerprint density at radius 2 is 0.442 bits per heavy atom. The van der Waals surface area contributed by atoms with E-state index in [0.717, 1.165) is 95.8 Å². The van der Waals surface area contributed by atoms with Crippen molar-refractivity contribution < 1.29 is 80.2 Å². The minimum atomic E-state index is -4.96. The smallest absolute Gasteiger partial charge is 0.462 e. The van der Waals surface area contributed by atoms with Crippen molar-refractivity contribution in [3.63, 3.8) is 0 Å². The van der Waals surface area contributed by atoms with Crippen molar-refractivity contribution in [3.8, 4) is 0 Å². The van der Waals surface area contributed by atoms with Gasteiger partial charge in [-0.25, -0.2) is 9.13 Å². The van der Waals surface area contributed by atoms with Gasteiger partial charge in [0.2, 0.25) is 0 Å². The molecule has 0 radical (unpaired) electrons. The predicted molar refractivity (Wildman–Crippen MR) is 428 cm³/mol. The van der Waals surface area contributed by atoms with Gasteiger partial charge in [-0.05, 0) is 31.6 Å². The SMILES string of the molecule is CCCCCCCCCCCCCCCCCCCC(=O)OC[C@H](COP(=O)(O)OC[C@@H](O)COP(=O)(O)OC[C@@H](COC(=O)CCCCCCCCCCCCC)OC(=O)CCCCCCCCCCCCCCCCC)OC(=O)CCCCCCCCCCCCCCCCCCCCC(C)C. The molecule has 2 unspecified atom stereocenters. The molecule has 0 rings (SSSR count). The molecule has 19 heteroatoms. The number of hydrogen-bond donors (Lipinski definition) is 3. The largest absolute Gasteiger partial charge is 0.472 e. The van der Waals surface area contributed by atoms with E-state index in [-0.39, 0.29) is 25.7 Å². The summed E-state index contributed by atoms with van der Waals surface area (Å²) in [6.45, 7) is 7.40. The number of ether oxygens (including phenoxy) is 4. The number of aliphatic hydroxyl groups excluding tert-OH is 1. The fraction of sp³-hybridized carbons (Fsp3) is 0.953. The van der Waals surface area contributed by atoms with E-state index in [1.54, 1.807) is 0 Å². The molecule has 0 fully saturated rings. The molecule has 0 saturated carbocycles. The zero-order chi connectivity index (χ0) is 76.2. The van der Waals surface area contributed by atoms with Crippen LogP contribution in [0.5, 0.6) is 0 Å². The molecule has 0 spiro atoms. The maximum Gasteiger partial charge on any atom is 0.472 e. The monoisotopic (exact) mass is 1520 g/mol. The summed E-state index contributed by atoms with van der Waals surface area (Å²) in [7, 11) is -9.92. The summed E-state index contributed by atoms with van der Waals surface area (Å²) in [5.41, 5.74) is 0. The summed E-state index contributed by atoms with van der Waals surface area (Å²) in [6.07, 6.45) is 70.7. The van der Waals surface area contributed by atoms with Gasteiger partial charge < -0.3 is 33.8 Å². The van der Waals surface area contributed by atoms with Gasteiger partial charge in [0.15, 0.2) is 12.2 Å². The maximum absolute atomic E-state index is 13.1. The molecule has 0 aromatic rings. The first-order valence-corrected chi connectivity index (χ1v) is 47.1. The van der Waals surface area contributed by atoms with Gasteiger partial charge in [-0.3, -0.25) is 37.3 Å². The van der Waals surface area contributed by atoms with Crippen LogP contribution in [0.15, 0.2) is 0 Å². The number of carbonyl (C=O) groups is 4. The van der Waals surface area contributed by atoms with Gasteiger partial charge in [0.1, 0.15) is 19.3 Å². The first kappa shape index (κ1) is 102. The van der Waals surface area contributed by atoms with Gasteiger partial charge in [0, 0.05) is 25.7 Å². The summed E-state index contributed by atoms with van der Waals surface area (Å²) < 4.78 is 68.9. The third-order valence-corrected chi connectivity index (χ3v) is 21.9. The van der Waals surface area contributed by atoms with E-state index in [1.165, 1.54) is 283 Å². The molecule has 0 aliphatic heterocycles. The number of hydrogen-bond acceptors (Lipinski definition) is 15. The van der Waals surface area contributed by atoms with Gasteiger partial charge in [0.25, 0.3) is 0 Å². The minimum Gasteiger partial charge on any atom is -0.462 e. The van der Waals surface area contributed by atoms with Crippen molar-refractivity contribution in [2.24, 2.45) is 5.92 Å². The average Bonchev–Trinajstić information content (AvgIpc) is 0.903. The second-order valence-corrected chi connectivity index (χ2v) is 34.0. The van der Waals surface area contributed by atoms with Crippen LogP contribution >= 0.6 is 15.6 Å². The van der Waals surface area contributed by atoms with E-state index in [1.807, 2.05) is 0 Å². The molecule has 0 aliphatic rings. The summed E-state index contributed by atoms with van der Waals surface area (Å²) in [6, 6.07) is 0. The van der Waals surface area contributed by atoms with Gasteiger partial charge in [-0.1, -0.05) is 407 Å². The topological polar surface area (TPSA) is 237 Å². The van der Waals surface area contributed by atoms with E-state index >= 15 is 0 Å². The lowest BCUT2D eigenvalue weighted by molar-refractivity contribution is -0.161. The Labute approximate surface area is 638 Å². The fourth-order valence-corrected chi connectivity index (χ4v) is 14.9. The third kappa shape index (κ3) is 78.2. The van der Waals surface area contributed by atoms with Gasteiger partial charge in [-0.15, -0.1) is 0 Å². The lowest BCUT2D eigenvalue weighted by Crippen LogP contribution is -2.30. The van der Waals surface area contributed by atoms with E-state index in [4.69, 9.17) is 37.0 Å². The molecule has 17 nitrogen and oxygen atoms in total. The van der Waals surface area contributed by atoms with Crippen molar-refractivity contribution in [1.29, 1.82) is 0 Å². The molecule has 0 heterocycles. The second kappa shape index (κ2) is 77.8. The number of rotatable bonds is 85. The van der Waals surface area contributed by atoms with Crippen LogP contribution in [0.4, 0.5) is 0 Å². The van der Waals surface area contributed by atoms with E-state index < -0.39 is 97.5 Å². The highest BCUT2D eigenvalue weighted by Gasteiger charge is 2.30. The third-order valence-electron chi connectivity index (χ3n) is 20.0. The van der Waals surface area contributed by atoms with Gasteiger partial charge >= 0.3 is 39.5 Å². The summed E-state index contributed by atoms with van der Waals surface area (Å²) >= 11 is 0. The number of phosphoric ester groups is 2. The normalized spacial score (nSPS) is 13.8. The molecule has 0 aromatic carbocycles. The van der Waals surface area contributed by atoms with E-state index in [9.17, 15) is 43.2 Å². The zero-order valence-corrected chi connectivity index (χ0v) is 70.0. The Morgan fingerprint density at radius 1 is 0.260 bits per heavy atom. The number of aliphatic hydroxyl groups is 1. The molecule has 0 aliphatic carbocycles. The molecule has 0 amide bonds. The standard InChI is InChI=1S/C85H166O17P2/c1-6-9-12-15-18-21-24-26-28-31-36-39-44-49-54-59-64-69-83(88)96-75-81(102-85(90)71-66-61-56-51-46-41-37-33-30-29-32-35-38-43-47-52-57-62-67-78(4)5)77-100-104(93,94)98-73-79(86)72-97-103(91,92)99-76-80(74-95-82(87)68-63-58-53-48-42-23-20-17-14-11-8-3)101-84(89)70-65-60-55-50-45-40-34-27-25-22-19-16-13-10-7-2/h78-81,86H,6-77H2,1-5H3,(H,91,92)(H,93,94)/t79-,80+,81+/m0/s1. The van der Waals surface area contributed by atoms with Crippen molar-refractivity contribution in [3.05, 3.63) is 0 Å².